The quantitative estimate of drug-likeness (QED) is 0.747. The molecule has 19 heavy (non-hydrogen) atoms. The number of carboxylic acids is 1. The van der Waals surface area contributed by atoms with Crippen molar-refractivity contribution in [2.45, 2.75) is 46.5 Å². The first-order valence-electron chi connectivity index (χ1n) is 6.81. The smallest absolute Gasteiger partial charge is 0.308 e. The number of aliphatic carboxylic acids is 1. The van der Waals surface area contributed by atoms with Crippen molar-refractivity contribution in [1.82, 2.24) is 15.2 Å². The van der Waals surface area contributed by atoms with Gasteiger partial charge in [0.2, 0.25) is 5.95 Å². The van der Waals surface area contributed by atoms with Gasteiger partial charge in [-0.25, -0.2) is 4.98 Å². The standard InChI is InChI=1S/C13H22N4O2/c1-4-7-9(12(18)19)8-14-13-15-10(5-2)11(6-3)16-17-13/h9H,4-8H2,1-3H3,(H,18,19)(H,14,15,17). The second-order valence-electron chi connectivity index (χ2n) is 4.44. The Balaban J connectivity index is 2.69. The average Bonchev–Trinajstić information content (AvgIpc) is 2.42. The van der Waals surface area contributed by atoms with E-state index in [4.69, 9.17) is 5.11 Å². The maximum atomic E-state index is 11.0. The molecule has 0 spiro atoms. The number of nitrogens with zero attached hydrogens (tertiary/aromatic N) is 3. The summed E-state index contributed by atoms with van der Waals surface area (Å²) in [7, 11) is 0. The van der Waals surface area contributed by atoms with Gasteiger partial charge in [0.25, 0.3) is 0 Å². The summed E-state index contributed by atoms with van der Waals surface area (Å²) in [6, 6.07) is 0. The summed E-state index contributed by atoms with van der Waals surface area (Å²) in [5.41, 5.74) is 1.82. The van der Waals surface area contributed by atoms with Crippen LogP contribution in [0.3, 0.4) is 0 Å². The van der Waals surface area contributed by atoms with Crippen LogP contribution in [0.2, 0.25) is 0 Å². The molecule has 6 nitrogen and oxygen atoms in total. The third-order valence-corrected chi connectivity index (χ3v) is 3.00. The fourth-order valence-electron chi connectivity index (χ4n) is 1.89. The minimum Gasteiger partial charge on any atom is -0.481 e. The van der Waals surface area contributed by atoms with E-state index in [1.807, 2.05) is 20.8 Å². The zero-order valence-electron chi connectivity index (χ0n) is 11.8. The molecule has 0 bridgehead atoms. The van der Waals surface area contributed by atoms with Crippen LogP contribution >= 0.6 is 0 Å². The van der Waals surface area contributed by atoms with Crippen molar-refractivity contribution >= 4 is 11.9 Å². The lowest BCUT2D eigenvalue weighted by Gasteiger charge is -2.12. The Morgan fingerprint density at radius 2 is 1.89 bits per heavy atom. The number of carboxylic acid groups (broad SMARTS) is 1. The molecule has 0 saturated carbocycles. The second-order valence-corrected chi connectivity index (χ2v) is 4.44. The zero-order valence-corrected chi connectivity index (χ0v) is 11.8. The van der Waals surface area contributed by atoms with E-state index in [0.29, 0.717) is 18.9 Å². The fourth-order valence-corrected chi connectivity index (χ4v) is 1.89. The summed E-state index contributed by atoms with van der Waals surface area (Å²) < 4.78 is 0. The zero-order chi connectivity index (χ0) is 14.3. The fraction of sp³-hybridized carbons (Fsp3) is 0.692. The molecule has 0 aliphatic rings. The summed E-state index contributed by atoms with van der Waals surface area (Å²) in [5.74, 6) is -0.788. The Hall–Kier alpha value is -1.72. The van der Waals surface area contributed by atoms with Crippen molar-refractivity contribution in [3.63, 3.8) is 0 Å². The Labute approximate surface area is 113 Å². The molecule has 6 heteroatoms. The van der Waals surface area contributed by atoms with Crippen LogP contribution in [-0.2, 0) is 17.6 Å². The number of hydrogen-bond acceptors (Lipinski definition) is 5. The van der Waals surface area contributed by atoms with E-state index in [9.17, 15) is 4.79 Å². The molecular weight excluding hydrogens is 244 g/mol. The molecule has 0 aliphatic heterocycles. The van der Waals surface area contributed by atoms with E-state index in [1.54, 1.807) is 0 Å². The molecule has 1 aromatic rings. The highest BCUT2D eigenvalue weighted by Crippen LogP contribution is 2.10. The van der Waals surface area contributed by atoms with Gasteiger partial charge in [-0.2, -0.15) is 5.10 Å². The molecule has 1 atom stereocenters. The number of hydrogen-bond donors (Lipinski definition) is 2. The second kappa shape index (κ2) is 7.66. The number of nitrogens with one attached hydrogen (secondary N) is 1. The molecule has 1 unspecified atom stereocenters. The highest BCUT2D eigenvalue weighted by atomic mass is 16.4. The minimum atomic E-state index is -0.789. The predicted octanol–water partition coefficient (Wildman–Crippen LogP) is 1.91. The average molecular weight is 266 g/mol. The van der Waals surface area contributed by atoms with Gasteiger partial charge in [0.15, 0.2) is 0 Å². The Morgan fingerprint density at radius 3 is 2.42 bits per heavy atom. The highest BCUT2D eigenvalue weighted by molar-refractivity contribution is 5.70. The van der Waals surface area contributed by atoms with Crippen LogP contribution in [0.5, 0.6) is 0 Å². The van der Waals surface area contributed by atoms with Gasteiger partial charge in [0.1, 0.15) is 0 Å². The van der Waals surface area contributed by atoms with Gasteiger partial charge in [-0.15, -0.1) is 5.10 Å². The summed E-state index contributed by atoms with van der Waals surface area (Å²) in [4.78, 5) is 15.4. The number of rotatable bonds is 8. The summed E-state index contributed by atoms with van der Waals surface area (Å²) in [6.07, 6.45) is 3.08. The lowest BCUT2D eigenvalue weighted by molar-refractivity contribution is -0.141. The number of carbonyl (C=O) groups is 1. The van der Waals surface area contributed by atoms with Crippen LogP contribution in [0.25, 0.3) is 0 Å². The van der Waals surface area contributed by atoms with Gasteiger partial charge in [-0.3, -0.25) is 4.79 Å². The van der Waals surface area contributed by atoms with Crippen molar-refractivity contribution < 1.29 is 9.90 Å². The van der Waals surface area contributed by atoms with Crippen molar-refractivity contribution in [2.75, 3.05) is 11.9 Å². The number of anilines is 1. The molecule has 0 fully saturated rings. The monoisotopic (exact) mass is 266 g/mol. The molecule has 0 radical (unpaired) electrons. The lowest BCUT2D eigenvalue weighted by atomic mass is 10.0. The molecule has 2 N–H and O–H groups in total. The molecule has 1 aromatic heterocycles. The van der Waals surface area contributed by atoms with Crippen LogP contribution in [0.1, 0.15) is 45.0 Å². The summed E-state index contributed by atoms with van der Waals surface area (Å²) in [5, 5.41) is 20.1. The van der Waals surface area contributed by atoms with Crippen LogP contribution in [-0.4, -0.2) is 32.8 Å². The molecule has 0 saturated heterocycles. The topological polar surface area (TPSA) is 88.0 Å². The van der Waals surface area contributed by atoms with Gasteiger partial charge >= 0.3 is 5.97 Å². The molecule has 1 heterocycles. The predicted molar refractivity (Wildman–Crippen MR) is 73.1 cm³/mol. The normalized spacial score (nSPS) is 12.2. The van der Waals surface area contributed by atoms with Crippen molar-refractivity contribution in [3.8, 4) is 0 Å². The van der Waals surface area contributed by atoms with E-state index in [2.05, 4.69) is 20.5 Å². The van der Waals surface area contributed by atoms with Gasteiger partial charge < -0.3 is 10.4 Å². The molecule has 0 aliphatic carbocycles. The third-order valence-electron chi connectivity index (χ3n) is 3.00. The van der Waals surface area contributed by atoms with Crippen LogP contribution < -0.4 is 5.32 Å². The molecular formula is C13H22N4O2. The van der Waals surface area contributed by atoms with Crippen molar-refractivity contribution in [2.24, 2.45) is 5.92 Å². The van der Waals surface area contributed by atoms with Gasteiger partial charge in [-0.1, -0.05) is 27.2 Å². The minimum absolute atomic E-state index is 0.333. The highest BCUT2D eigenvalue weighted by Gasteiger charge is 2.16. The number of aryl methyl sites for hydroxylation is 2. The summed E-state index contributed by atoms with van der Waals surface area (Å²) >= 11 is 0. The molecule has 106 valence electrons. The van der Waals surface area contributed by atoms with Gasteiger partial charge in [0, 0.05) is 6.54 Å². The molecule has 1 rings (SSSR count). The van der Waals surface area contributed by atoms with Crippen LogP contribution in [0.15, 0.2) is 0 Å². The van der Waals surface area contributed by atoms with Crippen molar-refractivity contribution in [3.05, 3.63) is 11.4 Å². The van der Waals surface area contributed by atoms with Crippen LogP contribution in [0, 0.1) is 5.92 Å². The first-order valence-corrected chi connectivity index (χ1v) is 6.81. The summed E-state index contributed by atoms with van der Waals surface area (Å²) in [6.45, 7) is 6.34. The maximum Gasteiger partial charge on any atom is 0.308 e. The van der Waals surface area contributed by atoms with E-state index >= 15 is 0 Å². The Kier molecular flexibility index (Phi) is 6.18. The van der Waals surface area contributed by atoms with Crippen LogP contribution in [0.4, 0.5) is 5.95 Å². The Bertz CT molecular complexity index is 423. The maximum absolute atomic E-state index is 11.0. The first kappa shape index (κ1) is 15.3. The Morgan fingerprint density at radius 1 is 1.21 bits per heavy atom. The largest absolute Gasteiger partial charge is 0.481 e. The van der Waals surface area contributed by atoms with E-state index in [-0.39, 0.29) is 0 Å². The first-order chi connectivity index (χ1) is 9.12. The van der Waals surface area contributed by atoms with E-state index in [1.165, 1.54) is 0 Å². The molecule has 0 aromatic carbocycles. The van der Waals surface area contributed by atoms with E-state index < -0.39 is 11.9 Å². The van der Waals surface area contributed by atoms with Gasteiger partial charge in [-0.05, 0) is 19.3 Å². The third kappa shape index (κ3) is 4.46. The van der Waals surface area contributed by atoms with Crippen molar-refractivity contribution in [1.29, 1.82) is 0 Å². The molecule has 0 amide bonds. The number of aromatic nitrogens is 3. The SMILES string of the molecule is CCCC(CNc1nnc(CC)c(CC)n1)C(=O)O. The van der Waals surface area contributed by atoms with Gasteiger partial charge in [0.05, 0.1) is 17.3 Å². The van der Waals surface area contributed by atoms with E-state index in [0.717, 1.165) is 30.7 Å². The lowest BCUT2D eigenvalue weighted by Crippen LogP contribution is -2.24.